The summed E-state index contributed by atoms with van der Waals surface area (Å²) in [5.41, 5.74) is 5.26. The molecule has 3 aromatic carbocycles. The fourth-order valence-electron chi connectivity index (χ4n) is 8.23. The van der Waals surface area contributed by atoms with Crippen LogP contribution < -0.4 is 34.1 Å². The van der Waals surface area contributed by atoms with Crippen LogP contribution in [0.15, 0.2) is 104 Å². The van der Waals surface area contributed by atoms with E-state index >= 15 is 0 Å². The van der Waals surface area contributed by atoms with E-state index in [4.69, 9.17) is 43.7 Å². The molecule has 0 radical (unpaired) electrons. The molecule has 17 heteroatoms. The second kappa shape index (κ2) is 18.8. The van der Waals surface area contributed by atoms with Gasteiger partial charge in [-0.1, -0.05) is 6.07 Å². The molecular weight excluding hydrogens is 825 g/mol. The molecule has 1 aliphatic heterocycles. The van der Waals surface area contributed by atoms with Crippen molar-refractivity contribution in [2.75, 3.05) is 58.4 Å². The maximum Gasteiger partial charge on any atom is 0.407 e. The Hall–Kier alpha value is -7.56. The number of ether oxygens (including phenoxy) is 5. The first-order valence-electron chi connectivity index (χ1n) is 20.5. The van der Waals surface area contributed by atoms with Gasteiger partial charge in [0.05, 0.1) is 65.0 Å². The first-order chi connectivity index (χ1) is 31.1. The summed E-state index contributed by atoms with van der Waals surface area (Å²) in [6.45, 7) is 1.68. The zero-order chi connectivity index (χ0) is 44.8. The van der Waals surface area contributed by atoms with Crippen molar-refractivity contribution in [2.24, 2.45) is 0 Å². The van der Waals surface area contributed by atoms with Crippen LogP contribution in [0.25, 0.3) is 16.9 Å². The highest BCUT2D eigenvalue weighted by molar-refractivity contribution is 5.70. The third-order valence-corrected chi connectivity index (χ3v) is 11.4. The summed E-state index contributed by atoms with van der Waals surface area (Å²) >= 11 is 0. The number of alkyl carbamates (subject to hydrolysis) is 1. The Balaban J connectivity index is 1.21. The number of piperidine rings is 1. The highest BCUT2D eigenvalue weighted by Gasteiger charge is 2.41. The molecule has 1 aliphatic rings. The molecule has 0 bridgehead atoms. The molecule has 0 saturated carbocycles. The molecule has 330 valence electrons. The SMILES string of the molecule is COC(=O)NC1(c2ccccn2)CCCN(c2cnc(-c3ccc(F)c(F)c3)cc2Cc2cnn3c(N(Cc4ccc(OC)cc4OC)Cc4ccc(OC)cc4OC)ncnc23)C1. The summed E-state index contributed by atoms with van der Waals surface area (Å²) in [5, 5.41) is 7.95. The summed E-state index contributed by atoms with van der Waals surface area (Å²) in [5.74, 6) is 1.13. The van der Waals surface area contributed by atoms with Crippen LogP contribution in [0.3, 0.4) is 0 Å². The molecule has 0 aliphatic carbocycles. The van der Waals surface area contributed by atoms with E-state index < -0.39 is 23.3 Å². The van der Waals surface area contributed by atoms with Gasteiger partial charge in [-0.3, -0.25) is 9.97 Å². The molecule has 15 nitrogen and oxygen atoms in total. The van der Waals surface area contributed by atoms with Gasteiger partial charge in [0.15, 0.2) is 17.3 Å². The van der Waals surface area contributed by atoms with E-state index in [-0.39, 0.29) is 0 Å². The Bertz CT molecular complexity index is 2720. The number of hydrogen-bond donors (Lipinski definition) is 1. The van der Waals surface area contributed by atoms with E-state index in [9.17, 15) is 13.6 Å². The highest BCUT2D eigenvalue weighted by atomic mass is 19.2. The van der Waals surface area contributed by atoms with Gasteiger partial charge in [-0.2, -0.15) is 9.61 Å². The maximum atomic E-state index is 14.6. The lowest BCUT2D eigenvalue weighted by Crippen LogP contribution is -2.57. The minimum Gasteiger partial charge on any atom is -0.497 e. The molecule has 64 heavy (non-hydrogen) atoms. The van der Waals surface area contributed by atoms with Gasteiger partial charge in [0, 0.05) is 73.2 Å². The van der Waals surface area contributed by atoms with E-state index in [2.05, 4.69) is 20.1 Å². The Labute approximate surface area is 368 Å². The van der Waals surface area contributed by atoms with Gasteiger partial charge >= 0.3 is 6.09 Å². The van der Waals surface area contributed by atoms with Gasteiger partial charge in [0.25, 0.3) is 0 Å². The topological polar surface area (TPSA) is 151 Å². The smallest absolute Gasteiger partial charge is 0.407 e. The summed E-state index contributed by atoms with van der Waals surface area (Å²) < 4.78 is 58.1. The summed E-state index contributed by atoms with van der Waals surface area (Å²) in [4.78, 5) is 36.0. The lowest BCUT2D eigenvalue weighted by Gasteiger charge is -2.44. The second-order valence-corrected chi connectivity index (χ2v) is 15.2. The van der Waals surface area contributed by atoms with Crippen molar-refractivity contribution in [3.63, 3.8) is 0 Å². The van der Waals surface area contributed by atoms with Crippen molar-refractivity contribution in [2.45, 2.75) is 37.9 Å². The number of rotatable bonds is 15. The minimum atomic E-state index is -0.981. The Kier molecular flexibility index (Phi) is 12.7. The minimum absolute atomic E-state index is 0.310. The Morgan fingerprint density at radius 2 is 1.50 bits per heavy atom. The number of amides is 1. The van der Waals surface area contributed by atoms with Gasteiger partial charge in [0.1, 0.15) is 34.9 Å². The monoisotopic (exact) mass is 871 g/mol. The first-order valence-corrected chi connectivity index (χ1v) is 20.5. The maximum absolute atomic E-state index is 14.6. The number of benzene rings is 3. The number of hydrogen-bond acceptors (Lipinski definition) is 13. The summed E-state index contributed by atoms with van der Waals surface area (Å²) in [6.07, 6.45) is 7.73. The molecule has 1 saturated heterocycles. The quantitative estimate of drug-likeness (QED) is 0.108. The molecule has 1 unspecified atom stereocenters. The van der Waals surface area contributed by atoms with Gasteiger partial charge in [0.2, 0.25) is 5.95 Å². The van der Waals surface area contributed by atoms with Crippen LogP contribution in [-0.2, 0) is 29.8 Å². The van der Waals surface area contributed by atoms with Crippen molar-refractivity contribution in [3.8, 4) is 34.3 Å². The van der Waals surface area contributed by atoms with Crippen LogP contribution in [0.1, 0.15) is 40.8 Å². The number of pyridine rings is 2. The molecule has 0 spiro atoms. The van der Waals surface area contributed by atoms with E-state index in [1.165, 1.54) is 19.5 Å². The van der Waals surface area contributed by atoms with Gasteiger partial charge in [-0.15, -0.1) is 0 Å². The summed E-state index contributed by atoms with van der Waals surface area (Å²) in [6, 6.07) is 22.5. The largest absolute Gasteiger partial charge is 0.497 e. The molecular formula is C47H47F2N9O6. The molecule has 7 aromatic rings. The second-order valence-electron chi connectivity index (χ2n) is 15.2. The normalized spacial score (nSPS) is 14.8. The van der Waals surface area contributed by atoms with Gasteiger partial charge < -0.3 is 38.8 Å². The number of methoxy groups -OCH3 is 5. The average molecular weight is 872 g/mol. The third kappa shape index (κ3) is 8.86. The number of nitrogens with zero attached hydrogens (tertiary/aromatic N) is 8. The number of carbonyl (C=O) groups excluding carboxylic acids is 1. The number of carbonyl (C=O) groups is 1. The molecule has 1 N–H and O–H groups in total. The van der Waals surface area contributed by atoms with Crippen molar-refractivity contribution in [1.82, 2.24) is 34.9 Å². The summed E-state index contributed by atoms with van der Waals surface area (Å²) in [7, 11) is 7.76. The van der Waals surface area contributed by atoms with E-state index in [0.29, 0.717) is 97.0 Å². The number of fused-ring (bicyclic) bond motifs is 1. The van der Waals surface area contributed by atoms with Crippen molar-refractivity contribution in [1.29, 1.82) is 0 Å². The standard InChI is InChI=1S/C47H47F2N9O6/c1-60-35-13-10-31(41(22-35)62-3)26-57(27-32-11-14-36(61-2)23-42(32)63-4)45-53-29-52-44-34(24-54-58(44)45)19-33-21-39(30-12-15-37(48)38(49)20-30)51-25-40(33)56-18-8-16-47(28-56,55-46(59)64-5)43-9-6-7-17-50-43/h6-7,9-15,17,20-25,29H,8,16,18-19,26-28H2,1-5H3,(H,55,59). The average Bonchev–Trinajstić information content (AvgIpc) is 3.75. The number of halogens is 2. The highest BCUT2D eigenvalue weighted by Crippen LogP contribution is 2.37. The van der Waals surface area contributed by atoms with Crippen LogP contribution in [0.2, 0.25) is 0 Å². The van der Waals surface area contributed by atoms with Gasteiger partial charge in [-0.25, -0.2) is 23.5 Å². The van der Waals surface area contributed by atoms with Crippen LogP contribution in [0.5, 0.6) is 23.0 Å². The number of anilines is 2. The number of nitrogens with one attached hydrogen (secondary N) is 1. The lowest BCUT2D eigenvalue weighted by atomic mass is 9.84. The van der Waals surface area contributed by atoms with E-state index in [0.717, 1.165) is 40.1 Å². The van der Waals surface area contributed by atoms with Crippen LogP contribution in [-0.4, -0.2) is 84.3 Å². The van der Waals surface area contributed by atoms with Crippen LogP contribution in [0.4, 0.5) is 25.2 Å². The predicted molar refractivity (Wildman–Crippen MR) is 235 cm³/mol. The predicted octanol–water partition coefficient (Wildman–Crippen LogP) is 7.54. The van der Waals surface area contributed by atoms with Crippen molar-refractivity contribution in [3.05, 3.63) is 143 Å². The van der Waals surface area contributed by atoms with E-state index in [1.54, 1.807) is 51.5 Å². The van der Waals surface area contributed by atoms with Crippen LogP contribution >= 0.6 is 0 Å². The zero-order valence-electron chi connectivity index (χ0n) is 36.0. The van der Waals surface area contributed by atoms with Crippen LogP contribution in [0, 0.1) is 11.6 Å². The number of aromatic nitrogens is 6. The Morgan fingerprint density at radius 1 is 0.766 bits per heavy atom. The Morgan fingerprint density at radius 3 is 2.14 bits per heavy atom. The molecule has 4 aromatic heterocycles. The van der Waals surface area contributed by atoms with E-state index in [1.807, 2.05) is 60.7 Å². The molecule has 1 amide bonds. The third-order valence-electron chi connectivity index (χ3n) is 11.4. The molecule has 1 atom stereocenters. The fourth-order valence-corrected chi connectivity index (χ4v) is 8.23. The fraction of sp³-hybridized carbons (Fsp3) is 0.277. The molecule has 5 heterocycles. The first kappa shape index (κ1) is 43.1. The zero-order valence-corrected chi connectivity index (χ0v) is 36.0. The molecule has 1 fully saturated rings. The molecule has 8 rings (SSSR count). The van der Waals surface area contributed by atoms with Crippen molar-refractivity contribution < 1.29 is 37.3 Å². The van der Waals surface area contributed by atoms with Crippen molar-refractivity contribution >= 4 is 23.4 Å². The lowest BCUT2D eigenvalue weighted by molar-refractivity contribution is 0.148. The van der Waals surface area contributed by atoms with Gasteiger partial charge in [-0.05, 0) is 79.1 Å².